The van der Waals surface area contributed by atoms with Gasteiger partial charge in [-0.05, 0) is 6.07 Å². The van der Waals surface area contributed by atoms with Crippen molar-refractivity contribution < 1.29 is 0 Å². The van der Waals surface area contributed by atoms with Crippen molar-refractivity contribution in [2.75, 3.05) is 0 Å². The summed E-state index contributed by atoms with van der Waals surface area (Å²) in [5, 5.41) is 44.1. The summed E-state index contributed by atoms with van der Waals surface area (Å²) in [6.07, 6.45) is 0. The molecule has 1 rings (SSSR count). The van der Waals surface area contributed by atoms with E-state index in [-0.39, 0.29) is 22.3 Å². The normalized spacial score (nSPS) is 8.24. The van der Waals surface area contributed by atoms with E-state index in [0.29, 0.717) is 0 Å². The average Bonchev–Trinajstić information content (AvgIpc) is 2.39. The van der Waals surface area contributed by atoms with Gasteiger partial charge in [0, 0.05) is 5.56 Å². The Labute approximate surface area is 97.6 Å². The number of nitrogens with zero attached hydrogens (tertiary/aromatic N) is 5. The molecule has 0 aromatic heterocycles. The Balaban J connectivity index is 3.67. The van der Waals surface area contributed by atoms with Gasteiger partial charge in [0.1, 0.15) is 18.2 Å². The van der Waals surface area contributed by atoms with Gasteiger partial charge in [0.25, 0.3) is 0 Å². The highest BCUT2D eigenvalue weighted by atomic mass is 14.4. The van der Waals surface area contributed by atoms with E-state index >= 15 is 0 Å². The highest BCUT2D eigenvalue weighted by molar-refractivity contribution is 5.60. The summed E-state index contributed by atoms with van der Waals surface area (Å²) in [6.45, 7) is 0. The summed E-state index contributed by atoms with van der Waals surface area (Å²) >= 11 is 0. The second-order valence-electron chi connectivity index (χ2n) is 2.98. The third-order valence-corrected chi connectivity index (χ3v) is 2.15. The molecule has 0 saturated carbocycles. The third kappa shape index (κ3) is 1.88. The van der Waals surface area contributed by atoms with Crippen LogP contribution in [0.3, 0.4) is 0 Å². The molecule has 0 aliphatic carbocycles. The molecule has 0 saturated heterocycles. The maximum absolute atomic E-state index is 8.96. The van der Waals surface area contributed by atoms with Crippen LogP contribution in [0.2, 0.25) is 0 Å². The van der Waals surface area contributed by atoms with Crippen LogP contribution >= 0.6 is 0 Å². The lowest BCUT2D eigenvalue weighted by atomic mass is 9.91. The van der Waals surface area contributed by atoms with Gasteiger partial charge in [-0.2, -0.15) is 26.3 Å². The fraction of sp³-hybridized carbons (Fsp3) is 0.0833. The van der Waals surface area contributed by atoms with Gasteiger partial charge in [0.2, 0.25) is 0 Å². The first kappa shape index (κ1) is 11.7. The van der Waals surface area contributed by atoms with Crippen molar-refractivity contribution in [3.05, 3.63) is 34.4 Å². The lowest BCUT2D eigenvalue weighted by molar-refractivity contribution is 1.09. The van der Waals surface area contributed by atoms with Crippen LogP contribution in [0.25, 0.3) is 0 Å². The molecule has 1 aromatic rings. The monoisotopic (exact) mass is 217 g/mol. The summed E-state index contributed by atoms with van der Waals surface area (Å²) in [5.41, 5.74) is 0.0399. The lowest BCUT2D eigenvalue weighted by Gasteiger charge is -2.05. The smallest absolute Gasteiger partial charge is 0.159 e. The number of rotatable bonds is 1. The van der Waals surface area contributed by atoms with Crippen molar-refractivity contribution in [2.45, 2.75) is 5.92 Å². The van der Waals surface area contributed by atoms with E-state index in [1.54, 1.807) is 30.3 Å². The molecule has 0 N–H and O–H groups in total. The van der Waals surface area contributed by atoms with Crippen molar-refractivity contribution >= 4 is 0 Å². The van der Waals surface area contributed by atoms with Crippen LogP contribution < -0.4 is 0 Å². The summed E-state index contributed by atoms with van der Waals surface area (Å²) in [4.78, 5) is 0. The van der Waals surface area contributed by atoms with Crippen molar-refractivity contribution in [1.82, 2.24) is 0 Å². The van der Waals surface area contributed by atoms with E-state index in [0.717, 1.165) is 0 Å². The third-order valence-electron chi connectivity index (χ3n) is 2.15. The summed E-state index contributed by atoms with van der Waals surface area (Å²) in [7, 11) is 0. The quantitative estimate of drug-likeness (QED) is 0.704. The van der Waals surface area contributed by atoms with E-state index in [1.165, 1.54) is 12.1 Å². The number of nitriles is 5. The Morgan fingerprint density at radius 2 is 1.35 bits per heavy atom. The minimum Gasteiger partial charge on any atom is -0.196 e. The van der Waals surface area contributed by atoms with Crippen molar-refractivity contribution in [3.63, 3.8) is 0 Å². The number of hydrogen-bond acceptors (Lipinski definition) is 5. The first-order chi connectivity index (χ1) is 8.23. The average molecular weight is 217 g/mol. The molecule has 5 heteroatoms. The van der Waals surface area contributed by atoms with E-state index in [2.05, 4.69) is 0 Å². The molecule has 0 unspecified atom stereocenters. The first-order valence-corrected chi connectivity index (χ1v) is 4.39. The van der Waals surface area contributed by atoms with Gasteiger partial charge in [0.05, 0.1) is 28.8 Å². The molecule has 0 aliphatic rings. The zero-order valence-corrected chi connectivity index (χ0v) is 8.47. The summed E-state index contributed by atoms with van der Waals surface area (Å²) < 4.78 is 0. The number of benzene rings is 1. The molecule has 0 spiro atoms. The van der Waals surface area contributed by atoms with Gasteiger partial charge in [-0.25, -0.2) is 0 Å². The van der Waals surface area contributed by atoms with Gasteiger partial charge >= 0.3 is 0 Å². The molecule has 0 aliphatic heterocycles. The maximum Gasteiger partial charge on any atom is 0.159 e. The second kappa shape index (κ2) is 4.95. The molecular weight excluding hydrogens is 214 g/mol. The van der Waals surface area contributed by atoms with Gasteiger partial charge in [-0.15, -0.1) is 0 Å². The SMILES string of the molecule is N#Cc1ccc(C(C#N)C#N)c(C#N)c1C#N. The molecule has 0 radical (unpaired) electrons. The van der Waals surface area contributed by atoms with Crippen LogP contribution in [0.4, 0.5) is 0 Å². The minimum absolute atomic E-state index is 0.0578. The van der Waals surface area contributed by atoms with Crippen molar-refractivity contribution in [3.8, 4) is 30.3 Å². The van der Waals surface area contributed by atoms with Crippen LogP contribution in [0.15, 0.2) is 12.1 Å². The number of hydrogen-bond donors (Lipinski definition) is 0. The van der Waals surface area contributed by atoms with E-state index < -0.39 is 5.92 Å². The summed E-state index contributed by atoms with van der Waals surface area (Å²) in [6, 6.07) is 11.4. The van der Waals surface area contributed by atoms with Crippen LogP contribution in [0, 0.1) is 56.7 Å². The highest BCUT2D eigenvalue weighted by Crippen LogP contribution is 2.24. The molecule has 17 heavy (non-hydrogen) atoms. The van der Waals surface area contributed by atoms with E-state index in [4.69, 9.17) is 26.3 Å². The molecule has 0 bridgehead atoms. The molecule has 76 valence electrons. The predicted octanol–water partition coefficient (Wildman–Crippen LogP) is 1.43. The van der Waals surface area contributed by atoms with Gasteiger partial charge < -0.3 is 0 Å². The van der Waals surface area contributed by atoms with Gasteiger partial charge in [-0.1, -0.05) is 6.07 Å². The van der Waals surface area contributed by atoms with Crippen LogP contribution in [0.1, 0.15) is 28.2 Å². The zero-order valence-electron chi connectivity index (χ0n) is 8.47. The fourth-order valence-corrected chi connectivity index (χ4v) is 1.36. The van der Waals surface area contributed by atoms with E-state index in [1.807, 2.05) is 0 Å². The van der Waals surface area contributed by atoms with Crippen LogP contribution in [0.5, 0.6) is 0 Å². The van der Waals surface area contributed by atoms with E-state index in [9.17, 15) is 0 Å². The maximum atomic E-state index is 8.96. The highest BCUT2D eigenvalue weighted by Gasteiger charge is 2.19. The predicted molar refractivity (Wildman–Crippen MR) is 54.6 cm³/mol. The summed E-state index contributed by atoms with van der Waals surface area (Å²) in [5.74, 6) is -1.12. The lowest BCUT2D eigenvalue weighted by Crippen LogP contribution is -2.01. The zero-order chi connectivity index (χ0) is 12.8. The van der Waals surface area contributed by atoms with Gasteiger partial charge in [0.15, 0.2) is 5.92 Å². The van der Waals surface area contributed by atoms with Crippen LogP contribution in [-0.2, 0) is 0 Å². The Bertz CT molecular complexity index is 654. The molecule has 0 atom stereocenters. The van der Waals surface area contributed by atoms with Crippen molar-refractivity contribution in [1.29, 1.82) is 26.3 Å². The molecular formula is C12H3N5. The molecule has 1 aromatic carbocycles. The minimum atomic E-state index is -1.12. The first-order valence-electron chi connectivity index (χ1n) is 4.39. The molecule has 0 amide bonds. The largest absolute Gasteiger partial charge is 0.196 e. The standard InChI is InChI=1S/C12H3N5/c13-3-8-1-2-10(9(4-14)5-15)12(7-17)11(8)6-16/h1-2,9H. The van der Waals surface area contributed by atoms with Gasteiger partial charge in [-0.3, -0.25) is 0 Å². The Morgan fingerprint density at radius 1 is 0.765 bits per heavy atom. The van der Waals surface area contributed by atoms with Crippen LogP contribution in [-0.4, -0.2) is 0 Å². The topological polar surface area (TPSA) is 119 Å². The fourth-order valence-electron chi connectivity index (χ4n) is 1.36. The second-order valence-corrected chi connectivity index (χ2v) is 2.98. The van der Waals surface area contributed by atoms with Crippen molar-refractivity contribution in [2.24, 2.45) is 0 Å². The molecule has 5 nitrogen and oxygen atoms in total. The Kier molecular flexibility index (Phi) is 3.42. The molecule has 0 heterocycles. The Hall–Kier alpha value is -3.33. The Morgan fingerprint density at radius 3 is 1.76 bits per heavy atom. The molecule has 0 fully saturated rings.